The van der Waals surface area contributed by atoms with Crippen LogP contribution in [0.2, 0.25) is 0 Å². The summed E-state index contributed by atoms with van der Waals surface area (Å²) >= 11 is 1.64. The number of nitrogens with one attached hydrogen (secondary N) is 2. The lowest BCUT2D eigenvalue weighted by molar-refractivity contribution is 1.28. The van der Waals surface area contributed by atoms with E-state index >= 15 is 0 Å². The third-order valence-corrected chi connectivity index (χ3v) is 4.93. The first-order valence-electron chi connectivity index (χ1n) is 8.04. The maximum Gasteiger partial charge on any atom is 0.131 e. The minimum Gasteiger partial charge on any atom is -0.354 e. The molecule has 25 heavy (non-hydrogen) atoms. The monoisotopic (exact) mass is 347 g/mol. The first-order chi connectivity index (χ1) is 12.1. The van der Waals surface area contributed by atoms with Gasteiger partial charge in [0.1, 0.15) is 5.82 Å². The summed E-state index contributed by atoms with van der Waals surface area (Å²) in [4.78, 5) is 5.41. The molecule has 2 N–H and O–H groups in total. The topological polar surface area (TPSA) is 37.0 Å². The van der Waals surface area contributed by atoms with E-state index in [2.05, 4.69) is 54.8 Å². The molecule has 4 heteroatoms. The maximum atomic E-state index is 4.34. The highest BCUT2D eigenvalue weighted by atomic mass is 32.1. The third kappa shape index (κ3) is 3.98. The number of hydrogen-bond donors (Lipinski definition) is 2. The molecular formula is C21H21N3S. The van der Waals surface area contributed by atoms with Crippen LogP contribution in [0.4, 0.5) is 16.5 Å². The van der Waals surface area contributed by atoms with Gasteiger partial charge in [0.05, 0.1) is 9.88 Å². The van der Waals surface area contributed by atoms with E-state index in [4.69, 9.17) is 0 Å². The molecule has 0 spiro atoms. The lowest BCUT2D eigenvalue weighted by atomic mass is 10.1. The average molecular weight is 347 g/mol. The van der Waals surface area contributed by atoms with E-state index in [-0.39, 0.29) is 0 Å². The van der Waals surface area contributed by atoms with Crippen LogP contribution in [0.15, 0.2) is 61.8 Å². The Morgan fingerprint density at radius 3 is 2.76 bits per heavy atom. The summed E-state index contributed by atoms with van der Waals surface area (Å²) in [7, 11) is 0. The highest BCUT2D eigenvalue weighted by molar-refractivity contribution is 7.17. The fourth-order valence-electron chi connectivity index (χ4n) is 2.54. The zero-order valence-electron chi connectivity index (χ0n) is 14.5. The van der Waals surface area contributed by atoms with E-state index in [1.54, 1.807) is 11.3 Å². The predicted octanol–water partition coefficient (Wildman–Crippen LogP) is 6.23. The van der Waals surface area contributed by atoms with E-state index in [1.165, 1.54) is 5.56 Å². The van der Waals surface area contributed by atoms with Crippen molar-refractivity contribution in [2.24, 2.45) is 0 Å². The van der Waals surface area contributed by atoms with Crippen LogP contribution >= 0.6 is 11.3 Å². The summed E-state index contributed by atoms with van der Waals surface area (Å²) in [6.45, 7) is 12.2. The normalized spacial score (nSPS) is 10.3. The van der Waals surface area contributed by atoms with Crippen molar-refractivity contribution in [1.82, 2.24) is 4.98 Å². The summed E-state index contributed by atoms with van der Waals surface area (Å²) in [6.07, 6.45) is 3.66. The molecule has 0 aliphatic rings. The van der Waals surface area contributed by atoms with Gasteiger partial charge in [0.2, 0.25) is 0 Å². The molecule has 0 saturated heterocycles. The van der Waals surface area contributed by atoms with Crippen LogP contribution in [0.3, 0.4) is 0 Å². The number of hydrogen-bond acceptors (Lipinski definition) is 4. The lowest BCUT2D eigenvalue weighted by Crippen LogP contribution is -1.99. The van der Waals surface area contributed by atoms with Gasteiger partial charge >= 0.3 is 0 Å². The fourth-order valence-corrected chi connectivity index (χ4v) is 3.38. The Hall–Kier alpha value is -2.85. The van der Waals surface area contributed by atoms with Gasteiger partial charge in [-0.15, -0.1) is 11.3 Å². The molecule has 0 unspecified atom stereocenters. The number of aryl methyl sites for hydroxylation is 2. The summed E-state index contributed by atoms with van der Waals surface area (Å²) < 4.78 is 0. The standard InChI is InChI=1S/C21H21N3S/c1-5-17-8-6-7-15(3)21(17)23-16(4)18-9-10-20(25-18)24-19-13-14(2)11-12-22-19/h5-13,23H,1,4H2,2-3H3,(H,22,24). The molecule has 2 aromatic heterocycles. The maximum absolute atomic E-state index is 4.34. The molecule has 2 heterocycles. The zero-order chi connectivity index (χ0) is 17.8. The summed E-state index contributed by atoms with van der Waals surface area (Å²) in [6, 6.07) is 14.3. The SMILES string of the molecule is C=Cc1cccc(C)c1NC(=C)c1ccc(Nc2cc(C)ccn2)s1. The summed E-state index contributed by atoms with van der Waals surface area (Å²) in [5, 5.41) is 7.81. The van der Waals surface area contributed by atoms with Gasteiger partial charge in [-0.3, -0.25) is 0 Å². The Kier molecular flexibility index (Phi) is 5.00. The lowest BCUT2D eigenvalue weighted by Gasteiger charge is -2.14. The molecular weight excluding hydrogens is 326 g/mol. The number of pyridine rings is 1. The number of aromatic nitrogens is 1. The van der Waals surface area contributed by atoms with Crippen molar-refractivity contribution in [3.63, 3.8) is 0 Å². The molecule has 1 aromatic carbocycles. The van der Waals surface area contributed by atoms with Crippen molar-refractivity contribution in [1.29, 1.82) is 0 Å². The molecule has 0 radical (unpaired) electrons. The van der Waals surface area contributed by atoms with Crippen molar-refractivity contribution in [2.45, 2.75) is 13.8 Å². The molecule has 3 rings (SSSR count). The smallest absolute Gasteiger partial charge is 0.131 e. The number of benzene rings is 1. The van der Waals surface area contributed by atoms with E-state index in [0.29, 0.717) is 0 Å². The van der Waals surface area contributed by atoms with Crippen LogP contribution in [0.5, 0.6) is 0 Å². The van der Waals surface area contributed by atoms with Crippen LogP contribution in [-0.4, -0.2) is 4.98 Å². The second-order valence-electron chi connectivity index (χ2n) is 5.85. The van der Waals surface area contributed by atoms with Gasteiger partial charge < -0.3 is 10.6 Å². The van der Waals surface area contributed by atoms with Crippen LogP contribution in [0.1, 0.15) is 21.6 Å². The van der Waals surface area contributed by atoms with E-state index in [9.17, 15) is 0 Å². The van der Waals surface area contributed by atoms with Crippen molar-refractivity contribution >= 4 is 39.6 Å². The zero-order valence-corrected chi connectivity index (χ0v) is 15.3. The van der Waals surface area contributed by atoms with Crippen LogP contribution < -0.4 is 10.6 Å². The molecule has 0 saturated carbocycles. The van der Waals surface area contributed by atoms with Gasteiger partial charge in [-0.2, -0.15) is 0 Å². The van der Waals surface area contributed by atoms with Gasteiger partial charge in [-0.1, -0.05) is 37.4 Å². The van der Waals surface area contributed by atoms with Crippen molar-refractivity contribution in [2.75, 3.05) is 10.6 Å². The van der Waals surface area contributed by atoms with E-state index < -0.39 is 0 Å². The van der Waals surface area contributed by atoms with E-state index in [1.807, 2.05) is 42.6 Å². The van der Waals surface area contributed by atoms with Crippen LogP contribution in [0.25, 0.3) is 11.8 Å². The quantitative estimate of drug-likeness (QED) is 0.555. The van der Waals surface area contributed by atoms with Gasteiger partial charge in [-0.25, -0.2) is 4.98 Å². The Bertz CT molecular complexity index is 924. The number of nitrogens with zero attached hydrogens (tertiary/aromatic N) is 1. The van der Waals surface area contributed by atoms with Crippen LogP contribution in [0, 0.1) is 13.8 Å². The first-order valence-corrected chi connectivity index (χ1v) is 8.86. The number of thiophene rings is 1. The minimum atomic E-state index is 0.847. The molecule has 0 fully saturated rings. The third-order valence-electron chi connectivity index (χ3n) is 3.87. The number of anilines is 3. The molecule has 0 atom stereocenters. The highest BCUT2D eigenvalue weighted by Crippen LogP contribution is 2.32. The summed E-state index contributed by atoms with van der Waals surface area (Å²) in [5.74, 6) is 0.847. The minimum absolute atomic E-state index is 0.847. The molecule has 3 nitrogen and oxygen atoms in total. The Labute approximate surface area is 152 Å². The molecule has 3 aromatic rings. The molecule has 0 amide bonds. The molecule has 0 aliphatic heterocycles. The van der Waals surface area contributed by atoms with Crippen molar-refractivity contribution in [3.8, 4) is 0 Å². The van der Waals surface area contributed by atoms with Crippen molar-refractivity contribution in [3.05, 3.63) is 83.4 Å². The highest BCUT2D eigenvalue weighted by Gasteiger charge is 2.08. The van der Waals surface area contributed by atoms with Crippen LogP contribution in [-0.2, 0) is 0 Å². The number of rotatable bonds is 6. The number of para-hydroxylation sites is 1. The molecule has 126 valence electrons. The largest absolute Gasteiger partial charge is 0.354 e. The summed E-state index contributed by atoms with van der Waals surface area (Å²) in [5.41, 5.74) is 5.33. The second kappa shape index (κ2) is 7.36. The Morgan fingerprint density at radius 2 is 2.00 bits per heavy atom. The van der Waals surface area contributed by atoms with Gasteiger partial charge in [-0.05, 0) is 54.8 Å². The van der Waals surface area contributed by atoms with Gasteiger partial charge in [0.15, 0.2) is 0 Å². The Balaban J connectivity index is 1.76. The van der Waals surface area contributed by atoms with Gasteiger partial charge in [0.25, 0.3) is 0 Å². The van der Waals surface area contributed by atoms with E-state index in [0.717, 1.165) is 38.2 Å². The predicted molar refractivity (Wildman–Crippen MR) is 111 cm³/mol. The average Bonchev–Trinajstić information content (AvgIpc) is 3.05. The van der Waals surface area contributed by atoms with Crippen molar-refractivity contribution < 1.29 is 0 Å². The molecule has 0 bridgehead atoms. The second-order valence-corrected chi connectivity index (χ2v) is 6.94. The Morgan fingerprint density at radius 1 is 1.16 bits per heavy atom. The molecule has 0 aliphatic carbocycles. The van der Waals surface area contributed by atoms with Gasteiger partial charge in [0, 0.05) is 17.6 Å². The fraction of sp³-hybridized carbons (Fsp3) is 0.0952. The first kappa shape index (κ1) is 17.0.